The first-order valence-corrected chi connectivity index (χ1v) is 1.41. The van der Waals surface area contributed by atoms with Crippen LogP contribution in [0.15, 0.2) is 0 Å². The second-order valence-electron chi connectivity index (χ2n) is 0. The molecule has 0 bridgehead atoms. The van der Waals surface area contributed by atoms with Crippen molar-refractivity contribution in [1.29, 1.82) is 0 Å². The average Bonchev–Trinajstić information content (AvgIpc) is 1.50. The quantitative estimate of drug-likeness (QED) is 0.370. The average molecular weight is 394 g/mol. The topological polar surface area (TPSA) is 0 Å². The van der Waals surface area contributed by atoms with Crippen LogP contribution in [0.5, 0.6) is 0 Å². The second-order valence-corrected chi connectivity index (χ2v) is 0. The maximum atomic E-state index is 3.25. The van der Waals surface area contributed by atoms with E-state index in [1.165, 1.54) is 0 Å². The van der Waals surface area contributed by atoms with Crippen molar-refractivity contribution in [2.24, 2.45) is 0 Å². The van der Waals surface area contributed by atoms with Gasteiger partial charge in [0.25, 0.3) is 0 Å². The van der Waals surface area contributed by atoms with Gasteiger partial charge < -0.3 is 28.7 Å². The fourth-order valence-corrected chi connectivity index (χ4v) is 0. The molecule has 0 amide bonds. The minimum Gasteiger partial charge on any atom is -0.358 e. The third kappa shape index (κ3) is 769. The van der Waals surface area contributed by atoms with Gasteiger partial charge in [0.1, 0.15) is 0 Å². The third-order valence-corrected chi connectivity index (χ3v) is 0. The van der Waals surface area contributed by atoms with Crippen molar-refractivity contribution in [3.63, 3.8) is 0 Å². The Hall–Kier alpha value is 2.21. The van der Waals surface area contributed by atoms with Crippen LogP contribution >= 0.6 is 0 Å². The predicted molar refractivity (Wildman–Crippen MR) is 88.7 cm³/mol. The summed E-state index contributed by atoms with van der Waals surface area (Å²) in [7, 11) is 0. The van der Waals surface area contributed by atoms with Crippen LogP contribution in [0, 0.1) is 28.7 Å². The van der Waals surface area contributed by atoms with Crippen LogP contribution in [0.1, 0.15) is 73.3 Å². The Morgan fingerprint density at radius 3 is 0.375 bits per heavy atom. The van der Waals surface area contributed by atoms with Gasteiger partial charge in [-0.1, -0.05) is 59.4 Å². The predicted octanol–water partition coefficient (Wildman–Crippen LogP) is 7.67. The van der Waals surface area contributed by atoms with Crippen LogP contribution in [-0.2, 0) is 65.4 Å². The molecule has 2 radical (unpaired) electrons. The molecule has 0 saturated heterocycles. The summed E-state index contributed by atoms with van der Waals surface area (Å²) in [5.41, 5.74) is 0. The van der Waals surface area contributed by atoms with Crippen molar-refractivity contribution in [3.05, 3.63) is 28.7 Å². The molecule has 0 aliphatic heterocycles. The van der Waals surface area contributed by atoms with Crippen LogP contribution in [0.25, 0.3) is 0 Å². The molecule has 0 rings (SSSR count). The van der Waals surface area contributed by atoms with Crippen molar-refractivity contribution in [1.82, 2.24) is 0 Å². The third-order valence-electron chi connectivity index (χ3n) is 0. The molecular formula is C14H48Y2-4. The normalized spacial score (nSPS) is 0.750. The van der Waals surface area contributed by atoms with E-state index in [-0.39, 0.29) is 140 Å². The fraction of sp³-hybridized carbons (Fsp3) is 0.714. The summed E-state index contributed by atoms with van der Waals surface area (Å²) < 4.78 is 0. The molecule has 0 aliphatic carbocycles. The van der Waals surface area contributed by atoms with Crippen LogP contribution in [0.3, 0.4) is 0 Å². The van der Waals surface area contributed by atoms with Gasteiger partial charge in [0.2, 0.25) is 0 Å². The molecule has 0 aliphatic rings. The van der Waals surface area contributed by atoms with E-state index in [0.717, 1.165) is 0 Å². The van der Waals surface area contributed by atoms with Crippen molar-refractivity contribution < 1.29 is 65.4 Å². The molecule has 16 heavy (non-hydrogen) atoms. The second kappa shape index (κ2) is 927. The first-order valence-electron chi connectivity index (χ1n) is 1.41. The van der Waals surface area contributed by atoms with Gasteiger partial charge in [0.05, 0.1) is 0 Å². The number of hydrogen-bond acceptors (Lipinski definition) is 0. The SMILES string of the molecule is C.C.C.C.C.C.C.C.[CH2-]C.[CH2-]C.[CH3-].[CH3-].[Y].[Y]. The number of hydrogen-bond donors (Lipinski definition) is 0. The molecule has 0 aromatic heterocycles. The minimum atomic E-state index is 0. The van der Waals surface area contributed by atoms with Gasteiger partial charge in [-0.3, -0.25) is 0 Å². The van der Waals surface area contributed by atoms with Crippen LogP contribution in [0.2, 0.25) is 0 Å². The monoisotopic (exact) mass is 394 g/mol. The van der Waals surface area contributed by atoms with Crippen molar-refractivity contribution >= 4 is 0 Å². The van der Waals surface area contributed by atoms with E-state index in [1.807, 2.05) is 0 Å². The molecule has 0 nitrogen and oxygen atoms in total. The summed E-state index contributed by atoms with van der Waals surface area (Å²) in [6, 6.07) is 0. The Balaban J connectivity index is -0.000000000238. The van der Waals surface area contributed by atoms with E-state index in [1.54, 1.807) is 13.8 Å². The summed E-state index contributed by atoms with van der Waals surface area (Å²) in [4.78, 5) is 0. The first-order chi connectivity index (χ1) is 2.00. The maximum absolute atomic E-state index is 3.25. The van der Waals surface area contributed by atoms with Crippen LogP contribution < -0.4 is 0 Å². The van der Waals surface area contributed by atoms with E-state index < -0.39 is 0 Å². The minimum absolute atomic E-state index is 0. The summed E-state index contributed by atoms with van der Waals surface area (Å²) >= 11 is 0. The molecule has 0 heterocycles. The standard InChI is InChI=1S/2C2H5.8CH4.2CH3.2Y/c2*1-2;;;;;;;;;;;;/h2*1H2,2H3;8*1H4;2*1H3;;/q2*-1;;;;;;;;;2*-1;;. The van der Waals surface area contributed by atoms with Gasteiger partial charge in [-0.25, -0.2) is 0 Å². The van der Waals surface area contributed by atoms with Gasteiger partial charge in [0, 0.05) is 65.4 Å². The summed E-state index contributed by atoms with van der Waals surface area (Å²) in [5, 5.41) is 0. The molecule has 0 fully saturated rings. The van der Waals surface area contributed by atoms with Gasteiger partial charge in [0.15, 0.2) is 0 Å². The van der Waals surface area contributed by atoms with Gasteiger partial charge in [-0.05, 0) is 0 Å². The van der Waals surface area contributed by atoms with E-state index in [4.69, 9.17) is 0 Å². The molecule has 114 valence electrons. The molecule has 0 aromatic rings. The largest absolute Gasteiger partial charge is 0.358 e. The van der Waals surface area contributed by atoms with Gasteiger partial charge in [-0.2, -0.15) is 13.8 Å². The molecule has 0 aromatic carbocycles. The Morgan fingerprint density at radius 2 is 0.375 bits per heavy atom. The molecule has 0 saturated carbocycles. The molecule has 2 heteroatoms. The maximum Gasteiger partial charge on any atom is 0 e. The first kappa shape index (κ1) is 305. The summed E-state index contributed by atoms with van der Waals surface area (Å²) in [5.74, 6) is 0. The molecule has 0 unspecified atom stereocenters. The van der Waals surface area contributed by atoms with Crippen molar-refractivity contribution in [3.8, 4) is 0 Å². The zero-order valence-corrected chi connectivity index (χ0v) is 12.2. The molecule has 0 spiro atoms. The van der Waals surface area contributed by atoms with E-state index in [9.17, 15) is 0 Å². The van der Waals surface area contributed by atoms with Crippen molar-refractivity contribution in [2.75, 3.05) is 0 Å². The zero-order valence-electron chi connectivity index (χ0n) is 6.57. The summed E-state index contributed by atoms with van der Waals surface area (Å²) in [6.07, 6.45) is 0. The number of rotatable bonds is 0. The van der Waals surface area contributed by atoms with Gasteiger partial charge >= 0.3 is 0 Å². The Morgan fingerprint density at radius 1 is 0.375 bits per heavy atom. The summed E-state index contributed by atoms with van der Waals surface area (Å²) in [6.45, 7) is 10.0. The van der Waals surface area contributed by atoms with Gasteiger partial charge in [-0.15, -0.1) is 0 Å². The molecular weight excluding hydrogens is 346 g/mol. The van der Waals surface area contributed by atoms with Crippen molar-refractivity contribution in [2.45, 2.75) is 73.3 Å². The van der Waals surface area contributed by atoms with E-state index in [2.05, 4.69) is 13.8 Å². The Kier molecular flexibility index (Phi) is 17600. The van der Waals surface area contributed by atoms with E-state index >= 15 is 0 Å². The van der Waals surface area contributed by atoms with Crippen LogP contribution in [0.4, 0.5) is 0 Å². The smallest absolute Gasteiger partial charge is 0 e. The Bertz CT molecular complexity index is 8.70. The fourth-order valence-electron chi connectivity index (χ4n) is 0. The van der Waals surface area contributed by atoms with E-state index in [0.29, 0.717) is 0 Å². The molecule has 0 atom stereocenters. The zero-order chi connectivity index (χ0) is 4.00. The molecule has 0 N–H and O–H groups in total. The van der Waals surface area contributed by atoms with Crippen LogP contribution in [-0.4, -0.2) is 0 Å². The Labute approximate surface area is 165 Å².